The van der Waals surface area contributed by atoms with Crippen molar-refractivity contribution in [3.8, 4) is 0 Å². The van der Waals surface area contributed by atoms with Crippen LogP contribution in [0.15, 0.2) is 0 Å². The molecule has 0 N–H and O–H groups in total. The van der Waals surface area contributed by atoms with Crippen molar-refractivity contribution in [2.45, 2.75) is 32.7 Å². The van der Waals surface area contributed by atoms with Gasteiger partial charge < -0.3 is 0 Å². The summed E-state index contributed by atoms with van der Waals surface area (Å²) in [5.41, 5.74) is -0.343. The Balaban J connectivity index is 2.71. The number of ketones is 1. The first kappa shape index (κ1) is 11.9. The third-order valence-electron chi connectivity index (χ3n) is 3.32. The van der Waals surface area contributed by atoms with Crippen molar-refractivity contribution < 1.29 is 9.00 Å². The standard InChI is InChI=1S/C10H19NO2S/c1-4-10(3,9(2)12)11-5-7-14(13)8-6-11/h4-8H2,1-3H3. The second-order valence-electron chi connectivity index (χ2n) is 4.02. The van der Waals surface area contributed by atoms with Crippen LogP contribution in [0.2, 0.25) is 0 Å². The minimum Gasteiger partial charge on any atom is -0.298 e. The molecule has 0 bridgehead atoms. The predicted molar refractivity (Wildman–Crippen MR) is 58.8 cm³/mol. The molecular weight excluding hydrogens is 198 g/mol. The fraction of sp³-hybridized carbons (Fsp3) is 0.900. The molecule has 0 amide bonds. The molecule has 14 heavy (non-hydrogen) atoms. The Hall–Kier alpha value is -0.220. The normalized spacial score (nSPS) is 24.5. The average molecular weight is 217 g/mol. The summed E-state index contributed by atoms with van der Waals surface area (Å²) in [4.78, 5) is 13.7. The molecule has 0 spiro atoms. The first-order valence-corrected chi connectivity index (χ1v) is 6.60. The van der Waals surface area contributed by atoms with Crippen molar-refractivity contribution in [3.63, 3.8) is 0 Å². The zero-order chi connectivity index (χ0) is 10.8. The maximum Gasteiger partial charge on any atom is 0.149 e. The fourth-order valence-electron chi connectivity index (χ4n) is 1.83. The van der Waals surface area contributed by atoms with Crippen LogP contribution >= 0.6 is 0 Å². The maximum absolute atomic E-state index is 11.6. The molecule has 1 fully saturated rings. The van der Waals surface area contributed by atoms with E-state index in [1.165, 1.54) is 0 Å². The highest BCUT2D eigenvalue weighted by molar-refractivity contribution is 7.85. The van der Waals surface area contributed by atoms with E-state index in [1.54, 1.807) is 6.92 Å². The van der Waals surface area contributed by atoms with Gasteiger partial charge in [-0.05, 0) is 20.3 Å². The molecule has 1 atom stereocenters. The van der Waals surface area contributed by atoms with Gasteiger partial charge in [0.25, 0.3) is 0 Å². The Kier molecular flexibility index (Phi) is 3.84. The predicted octanol–water partition coefficient (Wildman–Crippen LogP) is 0.808. The topological polar surface area (TPSA) is 37.4 Å². The summed E-state index contributed by atoms with van der Waals surface area (Å²) in [5, 5.41) is 0. The lowest BCUT2D eigenvalue weighted by atomic mass is 9.92. The highest BCUT2D eigenvalue weighted by Gasteiger charge is 2.36. The number of rotatable bonds is 3. The second-order valence-corrected chi connectivity index (χ2v) is 5.71. The summed E-state index contributed by atoms with van der Waals surface area (Å²) in [7, 11) is -0.664. The maximum atomic E-state index is 11.6. The van der Waals surface area contributed by atoms with Crippen molar-refractivity contribution in [2.75, 3.05) is 24.6 Å². The van der Waals surface area contributed by atoms with E-state index < -0.39 is 10.8 Å². The van der Waals surface area contributed by atoms with Gasteiger partial charge in [0.05, 0.1) is 5.54 Å². The Morgan fingerprint density at radius 2 is 1.93 bits per heavy atom. The van der Waals surface area contributed by atoms with E-state index in [2.05, 4.69) is 4.90 Å². The third-order valence-corrected chi connectivity index (χ3v) is 4.60. The highest BCUT2D eigenvalue weighted by atomic mass is 32.2. The zero-order valence-electron chi connectivity index (χ0n) is 9.21. The molecule has 0 aromatic heterocycles. The monoisotopic (exact) mass is 217 g/mol. The smallest absolute Gasteiger partial charge is 0.149 e. The Labute approximate surface area is 88.3 Å². The van der Waals surface area contributed by atoms with E-state index in [0.29, 0.717) is 11.5 Å². The highest BCUT2D eigenvalue weighted by Crippen LogP contribution is 2.22. The number of carbonyl (C=O) groups excluding carboxylic acids is 1. The minimum absolute atomic E-state index is 0.215. The van der Waals surface area contributed by atoms with Crippen LogP contribution in [0.1, 0.15) is 27.2 Å². The first-order valence-electron chi connectivity index (χ1n) is 5.11. The number of hydrogen-bond acceptors (Lipinski definition) is 3. The summed E-state index contributed by atoms with van der Waals surface area (Å²) >= 11 is 0. The Morgan fingerprint density at radius 1 is 1.43 bits per heavy atom. The molecule has 82 valence electrons. The number of nitrogens with zero attached hydrogens (tertiary/aromatic N) is 1. The summed E-state index contributed by atoms with van der Waals surface area (Å²) in [6, 6.07) is 0. The van der Waals surface area contributed by atoms with Gasteiger partial charge in [-0.15, -0.1) is 0 Å². The van der Waals surface area contributed by atoms with Crippen LogP contribution in [0, 0.1) is 0 Å². The Bertz CT molecular complexity index is 245. The number of Topliss-reactive ketones (excluding diaryl/α,β-unsaturated/α-hetero) is 1. The van der Waals surface area contributed by atoms with Gasteiger partial charge in [0.15, 0.2) is 0 Å². The lowest BCUT2D eigenvalue weighted by Gasteiger charge is -2.40. The molecule has 0 radical (unpaired) electrons. The summed E-state index contributed by atoms with van der Waals surface area (Å²) in [6.07, 6.45) is 0.828. The van der Waals surface area contributed by atoms with Gasteiger partial charge in [-0.1, -0.05) is 6.92 Å². The van der Waals surface area contributed by atoms with Crippen molar-refractivity contribution in [1.82, 2.24) is 4.90 Å². The summed E-state index contributed by atoms with van der Waals surface area (Å²) in [5.74, 6) is 1.64. The molecule has 4 heteroatoms. The minimum atomic E-state index is -0.664. The lowest BCUT2D eigenvalue weighted by Crippen LogP contribution is -2.55. The molecular formula is C10H19NO2S. The summed E-state index contributed by atoms with van der Waals surface area (Å²) in [6.45, 7) is 7.25. The second kappa shape index (κ2) is 4.53. The quantitative estimate of drug-likeness (QED) is 0.702. The van der Waals surface area contributed by atoms with Gasteiger partial charge in [-0.3, -0.25) is 13.9 Å². The molecule has 1 saturated heterocycles. The van der Waals surface area contributed by atoms with Crippen LogP contribution in [0.4, 0.5) is 0 Å². The molecule has 0 aromatic rings. The van der Waals surface area contributed by atoms with Crippen LogP contribution in [-0.4, -0.2) is 45.0 Å². The molecule has 1 rings (SSSR count). The fourth-order valence-corrected chi connectivity index (χ4v) is 2.88. The van der Waals surface area contributed by atoms with Gasteiger partial charge in [0.2, 0.25) is 0 Å². The van der Waals surface area contributed by atoms with Crippen LogP contribution < -0.4 is 0 Å². The number of carbonyl (C=O) groups is 1. The van der Waals surface area contributed by atoms with E-state index in [4.69, 9.17) is 0 Å². The van der Waals surface area contributed by atoms with Gasteiger partial charge in [-0.2, -0.15) is 0 Å². The van der Waals surface area contributed by atoms with Crippen LogP contribution in [0.3, 0.4) is 0 Å². The van der Waals surface area contributed by atoms with Gasteiger partial charge in [0, 0.05) is 35.4 Å². The molecule has 1 heterocycles. The van der Waals surface area contributed by atoms with Gasteiger partial charge >= 0.3 is 0 Å². The molecule has 1 aliphatic heterocycles. The first-order chi connectivity index (χ1) is 6.50. The largest absolute Gasteiger partial charge is 0.298 e. The van der Waals surface area contributed by atoms with Crippen LogP contribution in [0.25, 0.3) is 0 Å². The Morgan fingerprint density at radius 3 is 2.29 bits per heavy atom. The SMILES string of the molecule is CCC(C)(C(C)=O)N1CCS(=O)CC1. The molecule has 0 aliphatic carbocycles. The van der Waals surface area contributed by atoms with Crippen molar-refractivity contribution in [3.05, 3.63) is 0 Å². The molecule has 0 saturated carbocycles. The van der Waals surface area contributed by atoms with Crippen molar-refractivity contribution >= 4 is 16.6 Å². The van der Waals surface area contributed by atoms with Crippen LogP contribution in [0.5, 0.6) is 0 Å². The molecule has 1 unspecified atom stereocenters. The summed E-state index contributed by atoms with van der Waals surface area (Å²) < 4.78 is 11.2. The van der Waals surface area contributed by atoms with Gasteiger partial charge in [0.1, 0.15) is 5.78 Å². The molecule has 1 aliphatic rings. The van der Waals surface area contributed by atoms with Crippen molar-refractivity contribution in [1.29, 1.82) is 0 Å². The average Bonchev–Trinajstić information content (AvgIpc) is 2.17. The van der Waals surface area contributed by atoms with E-state index >= 15 is 0 Å². The van der Waals surface area contributed by atoms with E-state index in [9.17, 15) is 9.00 Å². The van der Waals surface area contributed by atoms with E-state index in [-0.39, 0.29) is 11.3 Å². The van der Waals surface area contributed by atoms with E-state index in [1.807, 2.05) is 13.8 Å². The molecule has 0 aromatic carbocycles. The molecule has 3 nitrogen and oxygen atoms in total. The zero-order valence-corrected chi connectivity index (χ0v) is 10.0. The van der Waals surface area contributed by atoms with Crippen LogP contribution in [-0.2, 0) is 15.6 Å². The van der Waals surface area contributed by atoms with E-state index in [0.717, 1.165) is 19.5 Å². The van der Waals surface area contributed by atoms with Gasteiger partial charge in [-0.25, -0.2) is 0 Å². The lowest BCUT2D eigenvalue weighted by molar-refractivity contribution is -0.128. The number of hydrogen-bond donors (Lipinski definition) is 0. The van der Waals surface area contributed by atoms with Crippen molar-refractivity contribution in [2.24, 2.45) is 0 Å². The third kappa shape index (κ3) is 2.23.